The normalized spacial score (nSPS) is 10.2. The molecule has 0 bridgehead atoms. The van der Waals surface area contributed by atoms with Crippen LogP contribution in [-0.4, -0.2) is 55.8 Å². The third-order valence-electron chi connectivity index (χ3n) is 3.05. The smallest absolute Gasteiger partial charge is 0.307 e. The van der Waals surface area contributed by atoms with E-state index in [1.165, 1.54) is 25.2 Å². The first-order chi connectivity index (χ1) is 9.99. The molecule has 0 spiro atoms. The molecule has 0 heterocycles. The predicted octanol–water partition coefficient (Wildman–Crippen LogP) is 1.35. The molecular formula is C15H21NO5. The Morgan fingerprint density at radius 3 is 2.57 bits per heavy atom. The molecule has 6 nitrogen and oxygen atoms in total. The second kappa shape index (κ2) is 8.26. The van der Waals surface area contributed by atoms with Crippen molar-refractivity contribution in [2.24, 2.45) is 0 Å². The summed E-state index contributed by atoms with van der Waals surface area (Å²) >= 11 is 0. The molecule has 1 rings (SSSR count). The van der Waals surface area contributed by atoms with Gasteiger partial charge in [-0.25, -0.2) is 0 Å². The lowest BCUT2D eigenvalue weighted by Gasteiger charge is -2.22. The highest BCUT2D eigenvalue weighted by Crippen LogP contribution is 2.20. The number of methoxy groups -OCH3 is 2. The Kier molecular flexibility index (Phi) is 6.68. The molecule has 1 aromatic rings. The van der Waals surface area contributed by atoms with Crippen LogP contribution in [-0.2, 0) is 14.3 Å². The monoisotopic (exact) mass is 295 g/mol. The zero-order valence-corrected chi connectivity index (χ0v) is 12.6. The first-order valence-corrected chi connectivity index (χ1v) is 6.64. The van der Waals surface area contributed by atoms with Crippen LogP contribution in [0.3, 0.4) is 0 Å². The number of hydrogen-bond acceptors (Lipinski definition) is 5. The SMILES string of the molecule is COCCN(CCC(=O)OC)C(=O)c1cc(C)ccc1O. The van der Waals surface area contributed by atoms with E-state index in [1.807, 2.05) is 6.92 Å². The Bertz CT molecular complexity index is 501. The summed E-state index contributed by atoms with van der Waals surface area (Å²) in [6.45, 7) is 2.73. The molecule has 116 valence electrons. The fourth-order valence-corrected chi connectivity index (χ4v) is 1.84. The standard InChI is InChI=1S/C15H21NO5/c1-11-4-5-13(17)12(10-11)15(19)16(8-9-20-2)7-6-14(18)21-3/h4-5,10,17H,6-9H2,1-3H3. The van der Waals surface area contributed by atoms with Gasteiger partial charge >= 0.3 is 5.97 Å². The summed E-state index contributed by atoms with van der Waals surface area (Å²) < 4.78 is 9.55. The summed E-state index contributed by atoms with van der Waals surface area (Å²) in [6.07, 6.45) is 0.0958. The van der Waals surface area contributed by atoms with Crippen LogP contribution in [0.1, 0.15) is 22.3 Å². The molecule has 0 saturated heterocycles. The number of nitrogens with zero attached hydrogens (tertiary/aromatic N) is 1. The van der Waals surface area contributed by atoms with Gasteiger partial charge in [-0.15, -0.1) is 0 Å². The minimum atomic E-state index is -0.390. The summed E-state index contributed by atoms with van der Waals surface area (Å²) in [6, 6.07) is 4.83. The van der Waals surface area contributed by atoms with Gasteiger partial charge in [-0.05, 0) is 19.1 Å². The van der Waals surface area contributed by atoms with Crippen LogP contribution in [0.25, 0.3) is 0 Å². The number of ether oxygens (including phenoxy) is 2. The lowest BCUT2D eigenvalue weighted by Crippen LogP contribution is -2.35. The molecule has 0 radical (unpaired) electrons. The maximum absolute atomic E-state index is 12.5. The quantitative estimate of drug-likeness (QED) is 0.768. The van der Waals surface area contributed by atoms with Crippen LogP contribution in [0, 0.1) is 6.92 Å². The molecule has 1 N–H and O–H groups in total. The van der Waals surface area contributed by atoms with Gasteiger partial charge in [-0.1, -0.05) is 11.6 Å². The zero-order chi connectivity index (χ0) is 15.8. The Morgan fingerprint density at radius 2 is 1.95 bits per heavy atom. The van der Waals surface area contributed by atoms with Gasteiger partial charge in [0.2, 0.25) is 0 Å². The van der Waals surface area contributed by atoms with Gasteiger partial charge in [0, 0.05) is 20.2 Å². The molecule has 1 aromatic carbocycles. The van der Waals surface area contributed by atoms with Gasteiger partial charge in [-0.3, -0.25) is 9.59 Å². The van der Waals surface area contributed by atoms with E-state index >= 15 is 0 Å². The van der Waals surface area contributed by atoms with Gasteiger partial charge < -0.3 is 19.5 Å². The summed E-state index contributed by atoms with van der Waals surface area (Å²) in [5.74, 6) is -0.804. The van der Waals surface area contributed by atoms with E-state index < -0.39 is 5.97 Å². The van der Waals surface area contributed by atoms with Gasteiger partial charge in [0.25, 0.3) is 5.91 Å². The molecule has 0 fully saturated rings. The maximum Gasteiger partial charge on any atom is 0.307 e. The van der Waals surface area contributed by atoms with Gasteiger partial charge in [-0.2, -0.15) is 0 Å². The highest BCUT2D eigenvalue weighted by Gasteiger charge is 2.20. The number of carbonyl (C=O) groups excluding carboxylic acids is 2. The van der Waals surface area contributed by atoms with Gasteiger partial charge in [0.15, 0.2) is 0 Å². The van der Waals surface area contributed by atoms with Crippen molar-refractivity contribution in [1.82, 2.24) is 4.90 Å². The fourth-order valence-electron chi connectivity index (χ4n) is 1.84. The Morgan fingerprint density at radius 1 is 1.24 bits per heavy atom. The molecule has 1 amide bonds. The number of aryl methyl sites for hydroxylation is 1. The lowest BCUT2D eigenvalue weighted by atomic mass is 10.1. The number of benzene rings is 1. The van der Waals surface area contributed by atoms with Crippen molar-refractivity contribution in [3.8, 4) is 5.75 Å². The number of hydrogen-bond donors (Lipinski definition) is 1. The van der Waals surface area contributed by atoms with Crippen molar-refractivity contribution < 1.29 is 24.2 Å². The van der Waals surface area contributed by atoms with Crippen molar-refractivity contribution in [1.29, 1.82) is 0 Å². The zero-order valence-electron chi connectivity index (χ0n) is 12.6. The largest absolute Gasteiger partial charge is 0.507 e. The van der Waals surface area contributed by atoms with E-state index in [9.17, 15) is 14.7 Å². The highest BCUT2D eigenvalue weighted by molar-refractivity contribution is 5.97. The van der Waals surface area contributed by atoms with E-state index in [0.29, 0.717) is 13.2 Å². The Balaban J connectivity index is 2.87. The molecule has 0 aromatic heterocycles. The number of esters is 1. The van der Waals surface area contributed by atoms with Crippen LogP contribution in [0.2, 0.25) is 0 Å². The van der Waals surface area contributed by atoms with Crippen LogP contribution in [0.5, 0.6) is 5.75 Å². The molecule has 6 heteroatoms. The first-order valence-electron chi connectivity index (χ1n) is 6.64. The third-order valence-corrected chi connectivity index (χ3v) is 3.05. The van der Waals surface area contributed by atoms with Crippen LogP contribution in [0.15, 0.2) is 18.2 Å². The third kappa shape index (κ3) is 5.07. The average Bonchev–Trinajstić information content (AvgIpc) is 2.48. The summed E-state index contributed by atoms with van der Waals surface area (Å²) in [5, 5.41) is 9.83. The van der Waals surface area contributed by atoms with Crippen molar-refractivity contribution in [3.63, 3.8) is 0 Å². The van der Waals surface area contributed by atoms with Crippen molar-refractivity contribution in [2.75, 3.05) is 33.9 Å². The second-order valence-electron chi connectivity index (χ2n) is 4.63. The van der Waals surface area contributed by atoms with Crippen molar-refractivity contribution in [3.05, 3.63) is 29.3 Å². The highest BCUT2D eigenvalue weighted by atomic mass is 16.5. The fraction of sp³-hybridized carbons (Fsp3) is 0.467. The molecule has 0 aliphatic carbocycles. The Labute approximate surface area is 124 Å². The molecule has 21 heavy (non-hydrogen) atoms. The van der Waals surface area contributed by atoms with Crippen molar-refractivity contribution >= 4 is 11.9 Å². The number of phenols is 1. The predicted molar refractivity (Wildman–Crippen MR) is 77.3 cm³/mol. The van der Waals surface area contributed by atoms with Gasteiger partial charge in [0.05, 0.1) is 25.7 Å². The first kappa shape index (κ1) is 17.0. The minimum Gasteiger partial charge on any atom is -0.507 e. The van der Waals surface area contributed by atoms with E-state index in [-0.39, 0.29) is 30.2 Å². The molecule has 0 unspecified atom stereocenters. The lowest BCUT2D eigenvalue weighted by molar-refractivity contribution is -0.140. The second-order valence-corrected chi connectivity index (χ2v) is 4.63. The summed E-state index contributed by atoms with van der Waals surface area (Å²) in [5.41, 5.74) is 1.09. The number of phenolic OH excluding ortho intramolecular Hbond substituents is 1. The van der Waals surface area contributed by atoms with E-state index in [4.69, 9.17) is 4.74 Å². The molecule has 0 aliphatic heterocycles. The molecule has 0 aliphatic rings. The number of aromatic hydroxyl groups is 1. The van der Waals surface area contributed by atoms with E-state index in [0.717, 1.165) is 5.56 Å². The van der Waals surface area contributed by atoms with Gasteiger partial charge in [0.1, 0.15) is 5.75 Å². The minimum absolute atomic E-state index is 0.0777. The topological polar surface area (TPSA) is 76.1 Å². The van der Waals surface area contributed by atoms with Crippen LogP contribution in [0.4, 0.5) is 0 Å². The summed E-state index contributed by atoms with van der Waals surface area (Å²) in [7, 11) is 2.84. The summed E-state index contributed by atoms with van der Waals surface area (Å²) in [4.78, 5) is 25.2. The molecule has 0 atom stereocenters. The Hall–Kier alpha value is -2.08. The number of rotatable bonds is 7. The molecular weight excluding hydrogens is 274 g/mol. The maximum atomic E-state index is 12.5. The van der Waals surface area contributed by atoms with Crippen LogP contribution >= 0.6 is 0 Å². The van der Waals surface area contributed by atoms with Crippen LogP contribution < -0.4 is 0 Å². The van der Waals surface area contributed by atoms with E-state index in [2.05, 4.69) is 4.74 Å². The molecule has 0 saturated carbocycles. The number of amides is 1. The van der Waals surface area contributed by atoms with E-state index in [1.54, 1.807) is 12.1 Å². The average molecular weight is 295 g/mol. The van der Waals surface area contributed by atoms with Crippen molar-refractivity contribution in [2.45, 2.75) is 13.3 Å². The number of carbonyl (C=O) groups is 2.